The lowest BCUT2D eigenvalue weighted by atomic mass is 9.81. The first-order chi connectivity index (χ1) is 19.5. The Kier molecular flexibility index (Phi) is 8.87. The van der Waals surface area contributed by atoms with E-state index in [0.717, 1.165) is 36.5 Å². The fraction of sp³-hybridized carbons (Fsp3) is 0.400. The number of nitrogens with zero attached hydrogens (tertiary/aromatic N) is 3. The van der Waals surface area contributed by atoms with Crippen LogP contribution in [0.1, 0.15) is 48.9 Å². The van der Waals surface area contributed by atoms with E-state index in [1.807, 2.05) is 18.2 Å². The van der Waals surface area contributed by atoms with E-state index in [9.17, 15) is 31.1 Å². The number of carbonyl (C=O) groups is 1. The molecule has 0 spiro atoms. The second-order valence-corrected chi connectivity index (χ2v) is 12.4. The molecule has 1 aliphatic heterocycles. The van der Waals surface area contributed by atoms with Crippen LogP contribution < -0.4 is 9.80 Å². The molecular formula is C30H30ClF6N3OS. The first kappa shape index (κ1) is 32.0. The van der Waals surface area contributed by atoms with Crippen molar-refractivity contribution < 1.29 is 31.1 Å². The van der Waals surface area contributed by atoms with Crippen LogP contribution >= 0.6 is 23.4 Å². The highest BCUT2D eigenvalue weighted by molar-refractivity contribution is 7.99. The van der Waals surface area contributed by atoms with Crippen molar-refractivity contribution in [3.8, 4) is 0 Å². The number of hydrogen-bond donors (Lipinski definition) is 0. The largest absolute Gasteiger partial charge is 0.416 e. The van der Waals surface area contributed by atoms with Crippen LogP contribution in [0.4, 0.5) is 37.8 Å². The van der Waals surface area contributed by atoms with Gasteiger partial charge in [0.1, 0.15) is 5.82 Å². The van der Waals surface area contributed by atoms with Gasteiger partial charge in [0.15, 0.2) is 0 Å². The predicted molar refractivity (Wildman–Crippen MR) is 155 cm³/mol. The second-order valence-electron chi connectivity index (χ2n) is 10.8. The maximum atomic E-state index is 13.5. The number of thioether (sulfide) groups is 1. The summed E-state index contributed by atoms with van der Waals surface area (Å²) in [5.74, 6) is 0.00684. The maximum absolute atomic E-state index is 13.5. The van der Waals surface area contributed by atoms with Crippen molar-refractivity contribution in [3.63, 3.8) is 0 Å². The quantitative estimate of drug-likeness (QED) is 0.256. The van der Waals surface area contributed by atoms with Crippen LogP contribution in [0.25, 0.3) is 0 Å². The average molecular weight is 630 g/mol. The number of carbonyl (C=O) groups excluding carboxylic acids is 1. The molecule has 1 saturated heterocycles. The van der Waals surface area contributed by atoms with Gasteiger partial charge in [0.05, 0.1) is 28.4 Å². The molecule has 0 saturated carbocycles. The Hall–Kier alpha value is -2.92. The SMILES string of the molecule is CSC1(c2ccccc2Cl)CCN(c2ccc(N(C)C(=O)C(C)(C)c3cc(C(F)(F)F)cc(C(F)(F)F)c3)cn2)CC1. The zero-order valence-corrected chi connectivity index (χ0v) is 25.0. The van der Waals surface area contributed by atoms with Crippen molar-refractivity contribution in [2.75, 3.05) is 36.2 Å². The number of pyridine rings is 1. The monoisotopic (exact) mass is 629 g/mol. The number of anilines is 2. The van der Waals surface area contributed by atoms with Gasteiger partial charge in [0.2, 0.25) is 5.91 Å². The van der Waals surface area contributed by atoms with Crippen molar-refractivity contribution in [2.45, 2.75) is 49.2 Å². The summed E-state index contributed by atoms with van der Waals surface area (Å²) in [6.07, 6.45) is -4.81. The second kappa shape index (κ2) is 11.6. The van der Waals surface area contributed by atoms with E-state index in [-0.39, 0.29) is 10.8 Å². The zero-order valence-electron chi connectivity index (χ0n) is 23.4. The minimum Gasteiger partial charge on any atom is -0.356 e. The lowest BCUT2D eigenvalue weighted by molar-refractivity contribution is -0.143. The number of likely N-dealkylation sites (N-methyl/N-ethyl adjacent to an activating group) is 1. The fourth-order valence-corrected chi connectivity index (χ4v) is 6.61. The molecule has 0 aliphatic carbocycles. The molecule has 0 bridgehead atoms. The number of alkyl halides is 6. The first-order valence-corrected chi connectivity index (χ1v) is 14.7. The van der Waals surface area contributed by atoms with E-state index in [2.05, 4.69) is 22.2 Å². The molecule has 226 valence electrons. The molecule has 12 heteroatoms. The number of aromatic nitrogens is 1. The smallest absolute Gasteiger partial charge is 0.356 e. The summed E-state index contributed by atoms with van der Waals surface area (Å²) in [4.78, 5) is 21.3. The number of halogens is 7. The van der Waals surface area contributed by atoms with Crippen molar-refractivity contribution in [1.29, 1.82) is 0 Å². The van der Waals surface area contributed by atoms with Crippen LogP contribution in [0, 0.1) is 0 Å². The van der Waals surface area contributed by atoms with Gasteiger partial charge in [0.25, 0.3) is 0 Å². The summed E-state index contributed by atoms with van der Waals surface area (Å²) in [7, 11) is 1.41. The van der Waals surface area contributed by atoms with Crippen LogP contribution in [-0.4, -0.2) is 37.3 Å². The maximum Gasteiger partial charge on any atom is 0.416 e. The third kappa shape index (κ3) is 6.37. The van der Waals surface area contributed by atoms with E-state index in [0.29, 0.717) is 23.6 Å². The van der Waals surface area contributed by atoms with E-state index >= 15 is 0 Å². The first-order valence-electron chi connectivity index (χ1n) is 13.1. The van der Waals surface area contributed by atoms with Gasteiger partial charge < -0.3 is 9.80 Å². The molecule has 3 aromatic rings. The van der Waals surface area contributed by atoms with Gasteiger partial charge in [-0.25, -0.2) is 4.98 Å². The third-order valence-electron chi connectivity index (χ3n) is 7.92. The van der Waals surface area contributed by atoms with Gasteiger partial charge in [-0.15, -0.1) is 0 Å². The summed E-state index contributed by atoms with van der Waals surface area (Å²) in [6, 6.07) is 12.5. The molecule has 1 aliphatic rings. The van der Waals surface area contributed by atoms with Gasteiger partial charge in [-0.2, -0.15) is 38.1 Å². The summed E-state index contributed by atoms with van der Waals surface area (Å²) in [5, 5.41) is 0.734. The Balaban J connectivity index is 1.52. The molecule has 0 atom stereocenters. The Morgan fingerprint density at radius 3 is 1.95 bits per heavy atom. The predicted octanol–water partition coefficient (Wildman–Crippen LogP) is 8.57. The van der Waals surface area contributed by atoms with Crippen molar-refractivity contribution in [3.05, 3.63) is 88.1 Å². The minimum absolute atomic E-state index is 0.0503. The summed E-state index contributed by atoms with van der Waals surface area (Å²) < 4.78 is 80.4. The third-order valence-corrected chi connectivity index (χ3v) is 9.66. The number of benzene rings is 2. The Labute approximate surface area is 250 Å². The van der Waals surface area contributed by atoms with E-state index < -0.39 is 40.4 Å². The minimum atomic E-state index is -5.02. The van der Waals surface area contributed by atoms with Crippen LogP contribution in [0.5, 0.6) is 0 Å². The van der Waals surface area contributed by atoms with Crippen molar-refractivity contribution in [2.24, 2.45) is 0 Å². The molecular weight excluding hydrogens is 600 g/mol. The van der Waals surface area contributed by atoms with Crippen LogP contribution in [0.3, 0.4) is 0 Å². The molecule has 1 amide bonds. The number of rotatable bonds is 6. The van der Waals surface area contributed by atoms with E-state index in [4.69, 9.17) is 11.6 Å². The molecule has 1 aromatic heterocycles. The van der Waals surface area contributed by atoms with Crippen LogP contribution in [0.2, 0.25) is 5.02 Å². The van der Waals surface area contributed by atoms with Gasteiger partial charge in [0, 0.05) is 29.9 Å². The Morgan fingerprint density at radius 1 is 0.929 bits per heavy atom. The Morgan fingerprint density at radius 2 is 1.48 bits per heavy atom. The molecule has 2 aromatic carbocycles. The Bertz CT molecular complexity index is 1400. The van der Waals surface area contributed by atoms with Gasteiger partial charge in [-0.05, 0) is 80.5 Å². The number of piperidine rings is 1. The molecule has 42 heavy (non-hydrogen) atoms. The molecule has 0 radical (unpaired) electrons. The van der Waals surface area contributed by atoms with E-state index in [1.165, 1.54) is 32.0 Å². The highest BCUT2D eigenvalue weighted by atomic mass is 35.5. The highest BCUT2D eigenvalue weighted by Crippen LogP contribution is 2.47. The lowest BCUT2D eigenvalue weighted by Gasteiger charge is -2.42. The van der Waals surface area contributed by atoms with Crippen molar-refractivity contribution >= 4 is 40.8 Å². The standard InChI is InChI=1S/C30H30ClF6N3OS/c1-27(2,19-15-20(29(32,33)34)17-21(16-19)30(35,36)37)26(41)39(3)22-9-10-25(38-18-22)40-13-11-28(42-4,12-14-40)23-7-5-6-8-24(23)31/h5-10,15-18H,11-14H2,1-4H3. The lowest BCUT2D eigenvalue weighted by Crippen LogP contribution is -2.42. The van der Waals surface area contributed by atoms with E-state index in [1.54, 1.807) is 23.9 Å². The topological polar surface area (TPSA) is 36.4 Å². The summed E-state index contributed by atoms with van der Waals surface area (Å²) in [5.41, 5.74) is -3.58. The van der Waals surface area contributed by atoms with Gasteiger partial charge in [-0.3, -0.25) is 4.79 Å². The van der Waals surface area contributed by atoms with Crippen molar-refractivity contribution in [1.82, 2.24) is 4.98 Å². The van der Waals surface area contributed by atoms with Gasteiger partial charge in [-0.1, -0.05) is 29.8 Å². The molecule has 0 unspecified atom stereocenters. The molecule has 1 fully saturated rings. The molecule has 2 heterocycles. The fourth-order valence-electron chi connectivity index (χ4n) is 5.25. The summed E-state index contributed by atoms with van der Waals surface area (Å²) >= 11 is 8.28. The molecule has 4 nitrogen and oxygen atoms in total. The normalized spacial score (nSPS) is 15.9. The van der Waals surface area contributed by atoms with Crippen LogP contribution in [-0.2, 0) is 27.3 Å². The zero-order chi connectivity index (χ0) is 31.1. The summed E-state index contributed by atoms with van der Waals surface area (Å²) in [6.45, 7) is 4.04. The van der Waals surface area contributed by atoms with Gasteiger partial charge >= 0.3 is 12.4 Å². The number of amides is 1. The molecule has 4 rings (SSSR count). The van der Waals surface area contributed by atoms with Crippen LogP contribution in [0.15, 0.2) is 60.8 Å². The highest BCUT2D eigenvalue weighted by Gasteiger charge is 2.41. The average Bonchev–Trinajstić information content (AvgIpc) is 2.95. The molecule has 0 N–H and O–H groups in total. The number of hydrogen-bond acceptors (Lipinski definition) is 4.